The SMILES string of the molecule is C[C@@H](N[S@+]([O-])C(C)(C)C)c1cc(F)cc2c1OC(C)(CN)C2. The molecular formula is C16H25FN2O2S. The van der Waals surface area contributed by atoms with Gasteiger partial charge in [-0.25, -0.2) is 4.39 Å². The number of hydrogen-bond donors (Lipinski definition) is 2. The molecule has 3 atom stereocenters. The summed E-state index contributed by atoms with van der Waals surface area (Å²) in [6, 6.07) is 2.65. The summed E-state index contributed by atoms with van der Waals surface area (Å²) in [5.41, 5.74) is 6.76. The van der Waals surface area contributed by atoms with E-state index in [4.69, 9.17) is 10.5 Å². The van der Waals surface area contributed by atoms with Crippen molar-refractivity contribution < 1.29 is 13.7 Å². The highest BCUT2D eigenvalue weighted by molar-refractivity contribution is 7.90. The van der Waals surface area contributed by atoms with Gasteiger partial charge in [-0.2, -0.15) is 0 Å². The fraction of sp³-hybridized carbons (Fsp3) is 0.625. The van der Waals surface area contributed by atoms with Crippen LogP contribution in [-0.2, 0) is 17.8 Å². The van der Waals surface area contributed by atoms with Crippen molar-refractivity contribution in [3.8, 4) is 5.75 Å². The van der Waals surface area contributed by atoms with Crippen molar-refractivity contribution in [2.45, 2.75) is 57.4 Å². The van der Waals surface area contributed by atoms with Crippen LogP contribution in [0.5, 0.6) is 5.75 Å². The van der Waals surface area contributed by atoms with Gasteiger partial charge < -0.3 is 15.0 Å². The summed E-state index contributed by atoms with van der Waals surface area (Å²) >= 11 is -1.24. The maximum Gasteiger partial charge on any atom is 0.136 e. The minimum Gasteiger partial charge on any atom is -0.598 e. The third-order valence-corrected chi connectivity index (χ3v) is 5.49. The molecule has 1 aromatic carbocycles. The molecule has 6 heteroatoms. The van der Waals surface area contributed by atoms with Gasteiger partial charge in [-0.3, -0.25) is 0 Å². The Morgan fingerprint density at radius 2 is 2.14 bits per heavy atom. The van der Waals surface area contributed by atoms with E-state index in [1.165, 1.54) is 12.1 Å². The molecule has 1 unspecified atom stereocenters. The molecule has 0 bridgehead atoms. The molecular weight excluding hydrogens is 303 g/mol. The molecule has 4 nitrogen and oxygen atoms in total. The first kappa shape index (κ1) is 17.5. The summed E-state index contributed by atoms with van der Waals surface area (Å²) in [5.74, 6) is 0.356. The van der Waals surface area contributed by atoms with Gasteiger partial charge in [0.25, 0.3) is 0 Å². The zero-order valence-electron chi connectivity index (χ0n) is 13.8. The Morgan fingerprint density at radius 3 is 2.68 bits per heavy atom. The van der Waals surface area contributed by atoms with E-state index in [0.717, 1.165) is 5.56 Å². The Kier molecular flexibility index (Phi) is 4.78. The number of fused-ring (bicyclic) bond motifs is 1. The first-order valence-electron chi connectivity index (χ1n) is 7.45. The number of halogens is 1. The molecule has 0 aromatic heterocycles. The van der Waals surface area contributed by atoms with Crippen LogP contribution in [0.15, 0.2) is 12.1 Å². The molecule has 0 saturated heterocycles. The number of benzene rings is 1. The lowest BCUT2D eigenvalue weighted by atomic mass is 9.97. The maximum absolute atomic E-state index is 13.9. The largest absolute Gasteiger partial charge is 0.598 e. The van der Waals surface area contributed by atoms with E-state index in [2.05, 4.69) is 4.72 Å². The second kappa shape index (κ2) is 6.00. The van der Waals surface area contributed by atoms with Crippen LogP contribution in [0.2, 0.25) is 0 Å². The molecule has 124 valence electrons. The van der Waals surface area contributed by atoms with Crippen molar-refractivity contribution in [3.63, 3.8) is 0 Å². The number of rotatable bonds is 4. The highest BCUT2D eigenvalue weighted by Crippen LogP contribution is 2.40. The van der Waals surface area contributed by atoms with Gasteiger partial charge in [0.1, 0.15) is 21.9 Å². The van der Waals surface area contributed by atoms with Crippen LogP contribution in [0, 0.1) is 5.82 Å². The molecule has 0 fully saturated rings. The van der Waals surface area contributed by atoms with E-state index in [-0.39, 0.29) is 11.9 Å². The zero-order chi connectivity index (χ0) is 16.7. The fourth-order valence-corrected chi connectivity index (χ4v) is 3.25. The molecule has 0 amide bonds. The minimum atomic E-state index is -1.24. The summed E-state index contributed by atoms with van der Waals surface area (Å²) in [4.78, 5) is 0. The predicted molar refractivity (Wildman–Crippen MR) is 87.6 cm³/mol. The Morgan fingerprint density at radius 1 is 1.50 bits per heavy atom. The van der Waals surface area contributed by atoms with E-state index >= 15 is 0 Å². The van der Waals surface area contributed by atoms with E-state index in [9.17, 15) is 8.94 Å². The van der Waals surface area contributed by atoms with Crippen LogP contribution in [-0.4, -0.2) is 21.4 Å². The Labute approximate surface area is 134 Å². The molecule has 1 aliphatic rings. The molecule has 0 aliphatic carbocycles. The highest BCUT2D eigenvalue weighted by atomic mass is 32.2. The van der Waals surface area contributed by atoms with Gasteiger partial charge in [-0.15, -0.1) is 4.72 Å². The number of ether oxygens (including phenoxy) is 1. The van der Waals surface area contributed by atoms with Crippen LogP contribution in [0.25, 0.3) is 0 Å². The van der Waals surface area contributed by atoms with Crippen molar-refractivity contribution in [1.29, 1.82) is 0 Å². The average molecular weight is 328 g/mol. The smallest absolute Gasteiger partial charge is 0.136 e. The molecule has 0 radical (unpaired) electrons. The third-order valence-electron chi connectivity index (χ3n) is 3.81. The van der Waals surface area contributed by atoms with Crippen LogP contribution < -0.4 is 15.2 Å². The Bertz CT molecular complexity index is 562. The lowest BCUT2D eigenvalue weighted by Gasteiger charge is -2.27. The Hall–Kier alpha value is -0.820. The van der Waals surface area contributed by atoms with Crippen molar-refractivity contribution in [1.82, 2.24) is 4.72 Å². The summed E-state index contributed by atoms with van der Waals surface area (Å²) in [6.07, 6.45) is 0.582. The van der Waals surface area contributed by atoms with Gasteiger partial charge >= 0.3 is 0 Å². The van der Waals surface area contributed by atoms with Crippen LogP contribution in [0.1, 0.15) is 51.8 Å². The minimum absolute atomic E-state index is 0.287. The topological polar surface area (TPSA) is 70.3 Å². The zero-order valence-corrected chi connectivity index (χ0v) is 14.6. The number of nitrogens with one attached hydrogen (secondary N) is 1. The predicted octanol–water partition coefficient (Wildman–Crippen LogP) is 2.59. The van der Waals surface area contributed by atoms with Crippen molar-refractivity contribution >= 4 is 11.4 Å². The van der Waals surface area contributed by atoms with Crippen LogP contribution in [0.3, 0.4) is 0 Å². The van der Waals surface area contributed by atoms with Gasteiger partial charge in [0, 0.05) is 35.5 Å². The first-order chi connectivity index (χ1) is 10.1. The highest BCUT2D eigenvalue weighted by Gasteiger charge is 2.37. The molecule has 2 rings (SSSR count). The van der Waals surface area contributed by atoms with Gasteiger partial charge in [0.2, 0.25) is 0 Å². The van der Waals surface area contributed by atoms with Crippen molar-refractivity contribution in [3.05, 3.63) is 29.1 Å². The average Bonchev–Trinajstić information content (AvgIpc) is 2.73. The molecule has 1 heterocycles. The maximum atomic E-state index is 13.9. The van der Waals surface area contributed by atoms with E-state index in [1.807, 2.05) is 34.6 Å². The van der Waals surface area contributed by atoms with Gasteiger partial charge in [-0.1, -0.05) is 0 Å². The summed E-state index contributed by atoms with van der Waals surface area (Å²) in [7, 11) is 0. The van der Waals surface area contributed by atoms with Crippen LogP contribution in [0.4, 0.5) is 4.39 Å². The molecule has 22 heavy (non-hydrogen) atoms. The van der Waals surface area contributed by atoms with E-state index in [0.29, 0.717) is 24.3 Å². The molecule has 0 saturated carbocycles. The van der Waals surface area contributed by atoms with E-state index in [1.54, 1.807) is 0 Å². The van der Waals surface area contributed by atoms with Gasteiger partial charge in [-0.05, 0) is 46.8 Å². The second-order valence-corrected chi connectivity index (χ2v) is 9.13. The normalized spacial score (nSPS) is 23.8. The van der Waals surface area contributed by atoms with Gasteiger partial charge in [0.05, 0.1) is 6.04 Å². The summed E-state index contributed by atoms with van der Waals surface area (Å²) in [5, 5.41) is 0. The molecule has 1 aliphatic heterocycles. The number of nitrogens with two attached hydrogens (primary N) is 1. The molecule has 1 aromatic rings. The monoisotopic (exact) mass is 328 g/mol. The first-order valence-corrected chi connectivity index (χ1v) is 8.60. The number of hydrogen-bond acceptors (Lipinski definition) is 4. The standard InChI is InChI=1S/C16H25FN2O2S/c1-10(19-22(20)15(2,3)4)13-7-12(17)6-11-8-16(5,9-18)21-14(11)13/h6-7,10,19H,8-9,18H2,1-5H3/t10-,16?,22-/m1/s1. The van der Waals surface area contributed by atoms with Gasteiger partial charge in [0.15, 0.2) is 0 Å². The van der Waals surface area contributed by atoms with E-state index < -0.39 is 21.7 Å². The van der Waals surface area contributed by atoms with Crippen LogP contribution >= 0.6 is 0 Å². The lowest BCUT2D eigenvalue weighted by Crippen LogP contribution is -2.41. The molecule has 0 spiro atoms. The Balaban J connectivity index is 2.30. The summed E-state index contributed by atoms with van der Waals surface area (Å²) < 4.78 is 34.8. The third kappa shape index (κ3) is 3.56. The fourth-order valence-electron chi connectivity index (χ4n) is 2.45. The quantitative estimate of drug-likeness (QED) is 0.834. The summed E-state index contributed by atoms with van der Waals surface area (Å²) in [6.45, 7) is 9.81. The van der Waals surface area contributed by atoms with Crippen molar-refractivity contribution in [2.24, 2.45) is 5.73 Å². The van der Waals surface area contributed by atoms with Crippen molar-refractivity contribution in [2.75, 3.05) is 6.54 Å². The molecule has 3 N–H and O–H groups in total. The lowest BCUT2D eigenvalue weighted by molar-refractivity contribution is 0.124. The second-order valence-electron chi connectivity index (χ2n) is 7.14.